The first-order valence-corrected chi connectivity index (χ1v) is 9.64. The molecule has 6 rings (SSSR count). The zero-order chi connectivity index (χ0) is 19.6. The highest BCUT2D eigenvalue weighted by Crippen LogP contribution is 2.54. The molecular weight excluding hydrogens is 368 g/mol. The van der Waals surface area contributed by atoms with Gasteiger partial charge < -0.3 is 14.3 Å². The summed E-state index contributed by atoms with van der Waals surface area (Å²) in [4.78, 5) is 27.8. The molecule has 1 spiro atoms. The molecular formula is C21H18N6O2. The first-order chi connectivity index (χ1) is 14.1. The van der Waals surface area contributed by atoms with Gasteiger partial charge in [-0.25, -0.2) is 4.98 Å². The highest BCUT2D eigenvalue weighted by molar-refractivity contribution is 5.91. The highest BCUT2D eigenvalue weighted by Gasteiger charge is 2.55. The number of fused-ring (bicyclic) bond motifs is 3. The molecule has 0 saturated heterocycles. The fraction of sp³-hybridized carbons (Fsp3) is 0.286. The van der Waals surface area contributed by atoms with E-state index >= 15 is 0 Å². The number of hydrogen-bond acceptors (Lipinski definition) is 6. The Kier molecular flexibility index (Phi) is 3.24. The number of pyridine rings is 1. The van der Waals surface area contributed by atoms with E-state index in [1.54, 1.807) is 18.2 Å². The molecule has 0 unspecified atom stereocenters. The van der Waals surface area contributed by atoms with Crippen LogP contribution in [0.3, 0.4) is 0 Å². The van der Waals surface area contributed by atoms with E-state index in [1.165, 1.54) is 0 Å². The molecule has 8 heteroatoms. The third-order valence-electron chi connectivity index (χ3n) is 5.98. The molecule has 1 aliphatic carbocycles. The normalized spacial score (nSPS) is 19.5. The SMILES string of the molecule is Cc1nnc(C(=O)N2CC3(CC3)c3nc[nH]c3[C@H]2c2cc3ccccc3cn2)o1. The number of carbonyl (C=O) groups excluding carboxylic acids is 1. The van der Waals surface area contributed by atoms with Gasteiger partial charge in [0.15, 0.2) is 0 Å². The molecule has 1 aliphatic heterocycles. The van der Waals surface area contributed by atoms with Crippen molar-refractivity contribution in [3.05, 3.63) is 71.7 Å². The average molecular weight is 386 g/mol. The molecule has 1 aromatic carbocycles. The smallest absolute Gasteiger partial charge is 0.312 e. The number of aromatic amines is 1. The van der Waals surface area contributed by atoms with Gasteiger partial charge in [0, 0.05) is 30.5 Å². The van der Waals surface area contributed by atoms with E-state index in [-0.39, 0.29) is 23.3 Å². The number of hydrogen-bond donors (Lipinski definition) is 1. The van der Waals surface area contributed by atoms with Gasteiger partial charge in [0.2, 0.25) is 5.89 Å². The van der Waals surface area contributed by atoms with Crippen LogP contribution in [0.25, 0.3) is 10.8 Å². The monoisotopic (exact) mass is 386 g/mol. The van der Waals surface area contributed by atoms with Crippen molar-refractivity contribution in [2.75, 3.05) is 6.54 Å². The fourth-order valence-electron chi connectivity index (χ4n) is 4.38. The molecule has 4 heterocycles. The first-order valence-electron chi connectivity index (χ1n) is 9.64. The predicted octanol–water partition coefficient (Wildman–Crippen LogP) is 2.93. The summed E-state index contributed by atoms with van der Waals surface area (Å²) in [5.74, 6) is 0.0956. The van der Waals surface area contributed by atoms with E-state index in [1.807, 2.05) is 36.5 Å². The molecule has 144 valence electrons. The summed E-state index contributed by atoms with van der Waals surface area (Å²) < 4.78 is 5.45. The van der Waals surface area contributed by atoms with E-state index in [4.69, 9.17) is 9.40 Å². The molecule has 1 saturated carbocycles. The van der Waals surface area contributed by atoms with Gasteiger partial charge in [0.1, 0.15) is 6.04 Å². The van der Waals surface area contributed by atoms with E-state index < -0.39 is 0 Å². The number of nitrogens with one attached hydrogen (secondary N) is 1. The molecule has 1 fully saturated rings. The summed E-state index contributed by atoms with van der Waals surface area (Å²) in [6.07, 6.45) is 5.58. The second-order valence-corrected chi connectivity index (χ2v) is 7.86. The van der Waals surface area contributed by atoms with Gasteiger partial charge in [-0.15, -0.1) is 10.2 Å². The first kappa shape index (κ1) is 16.4. The lowest BCUT2D eigenvalue weighted by Crippen LogP contribution is -2.46. The number of carbonyl (C=O) groups is 1. The van der Waals surface area contributed by atoms with Crippen LogP contribution in [0, 0.1) is 6.92 Å². The van der Waals surface area contributed by atoms with Crippen LogP contribution in [-0.4, -0.2) is 42.5 Å². The Morgan fingerprint density at radius 1 is 1.21 bits per heavy atom. The minimum atomic E-state index is -0.386. The van der Waals surface area contributed by atoms with Crippen LogP contribution < -0.4 is 0 Å². The van der Waals surface area contributed by atoms with Gasteiger partial charge in [-0.05, 0) is 24.3 Å². The number of aromatic nitrogens is 5. The predicted molar refractivity (Wildman–Crippen MR) is 103 cm³/mol. The zero-order valence-electron chi connectivity index (χ0n) is 15.8. The van der Waals surface area contributed by atoms with Crippen molar-refractivity contribution < 1.29 is 9.21 Å². The van der Waals surface area contributed by atoms with Gasteiger partial charge >= 0.3 is 11.8 Å². The maximum absolute atomic E-state index is 13.4. The van der Waals surface area contributed by atoms with E-state index in [2.05, 4.69) is 20.2 Å². The second-order valence-electron chi connectivity index (χ2n) is 7.86. The fourth-order valence-corrected chi connectivity index (χ4v) is 4.38. The largest absolute Gasteiger partial charge is 0.417 e. The van der Waals surface area contributed by atoms with E-state index in [9.17, 15) is 4.79 Å². The average Bonchev–Trinajstić information content (AvgIpc) is 3.13. The van der Waals surface area contributed by atoms with Gasteiger partial charge in [-0.1, -0.05) is 24.3 Å². The van der Waals surface area contributed by atoms with Crippen molar-refractivity contribution in [3.8, 4) is 0 Å². The highest BCUT2D eigenvalue weighted by atomic mass is 16.4. The summed E-state index contributed by atoms with van der Waals surface area (Å²) >= 11 is 0. The Hall–Kier alpha value is -3.55. The third kappa shape index (κ3) is 2.41. The standard InChI is InChI=1S/C21H18N6O2/c1-12-25-26-19(29-12)20(28)27-10-21(6-7-21)18-16(23-11-24-18)17(27)15-8-13-4-2-3-5-14(13)9-22-15/h2-5,8-9,11,17H,6-7,10H2,1H3,(H,23,24)/t17-/m1/s1. The van der Waals surface area contributed by atoms with Gasteiger partial charge in [0.05, 0.1) is 23.4 Å². The van der Waals surface area contributed by atoms with E-state index in [0.29, 0.717) is 12.4 Å². The number of aryl methyl sites for hydroxylation is 1. The van der Waals surface area contributed by atoms with Crippen LogP contribution in [0.5, 0.6) is 0 Å². The molecule has 8 nitrogen and oxygen atoms in total. The minimum Gasteiger partial charge on any atom is -0.417 e. The van der Waals surface area contributed by atoms with Gasteiger partial charge in [-0.2, -0.15) is 0 Å². The molecule has 4 aromatic rings. The number of imidazole rings is 1. The summed E-state index contributed by atoms with van der Waals surface area (Å²) in [5.41, 5.74) is 2.66. The van der Waals surface area contributed by atoms with E-state index in [0.717, 1.165) is 40.7 Å². The molecule has 0 radical (unpaired) electrons. The number of amides is 1. The molecule has 1 atom stereocenters. The van der Waals surface area contributed by atoms with Crippen LogP contribution in [0.1, 0.15) is 52.5 Å². The van der Waals surface area contributed by atoms with Crippen molar-refractivity contribution in [3.63, 3.8) is 0 Å². The number of rotatable bonds is 2. The molecule has 1 N–H and O–H groups in total. The Balaban J connectivity index is 1.52. The van der Waals surface area contributed by atoms with Crippen LogP contribution in [-0.2, 0) is 5.41 Å². The Morgan fingerprint density at radius 2 is 2.03 bits per heavy atom. The van der Waals surface area contributed by atoms with Crippen LogP contribution in [0.2, 0.25) is 0 Å². The summed E-state index contributed by atoms with van der Waals surface area (Å²) in [6.45, 7) is 2.24. The lowest BCUT2D eigenvalue weighted by Gasteiger charge is -2.38. The minimum absolute atomic E-state index is 0.00653. The van der Waals surface area contributed by atoms with Crippen LogP contribution in [0.15, 0.2) is 47.3 Å². The Bertz CT molecular complexity index is 1250. The molecule has 1 amide bonds. The maximum Gasteiger partial charge on any atom is 0.312 e. The van der Waals surface area contributed by atoms with Crippen molar-refractivity contribution in [1.29, 1.82) is 0 Å². The summed E-state index contributed by atoms with van der Waals surface area (Å²) in [7, 11) is 0. The molecule has 2 aliphatic rings. The number of H-pyrrole nitrogens is 1. The Morgan fingerprint density at radius 3 is 2.79 bits per heavy atom. The molecule has 29 heavy (non-hydrogen) atoms. The topological polar surface area (TPSA) is 101 Å². The van der Waals surface area contributed by atoms with Gasteiger partial charge in [0.25, 0.3) is 0 Å². The second kappa shape index (κ2) is 5.73. The number of nitrogens with zero attached hydrogens (tertiary/aromatic N) is 5. The summed E-state index contributed by atoms with van der Waals surface area (Å²) in [6, 6.07) is 9.71. The lowest BCUT2D eigenvalue weighted by molar-refractivity contribution is 0.0613. The Labute approximate surface area is 166 Å². The van der Waals surface area contributed by atoms with Crippen molar-refractivity contribution in [2.45, 2.75) is 31.2 Å². The van der Waals surface area contributed by atoms with Crippen molar-refractivity contribution >= 4 is 16.7 Å². The molecule has 0 bridgehead atoms. The van der Waals surface area contributed by atoms with Gasteiger partial charge in [-0.3, -0.25) is 9.78 Å². The molecule has 3 aromatic heterocycles. The quantitative estimate of drug-likeness (QED) is 0.568. The van der Waals surface area contributed by atoms with Crippen LogP contribution >= 0.6 is 0 Å². The van der Waals surface area contributed by atoms with Crippen molar-refractivity contribution in [1.82, 2.24) is 30.0 Å². The zero-order valence-corrected chi connectivity index (χ0v) is 15.8. The maximum atomic E-state index is 13.4. The lowest BCUT2D eigenvalue weighted by atomic mass is 9.88. The van der Waals surface area contributed by atoms with Crippen LogP contribution in [0.4, 0.5) is 0 Å². The third-order valence-corrected chi connectivity index (χ3v) is 5.98. The summed E-state index contributed by atoms with van der Waals surface area (Å²) in [5, 5.41) is 9.92. The number of benzene rings is 1. The van der Waals surface area contributed by atoms with Crippen molar-refractivity contribution in [2.24, 2.45) is 0 Å².